The average Bonchev–Trinajstić information content (AvgIpc) is 2.77. The van der Waals surface area contributed by atoms with E-state index in [2.05, 4.69) is 18.7 Å². The molecule has 0 amide bonds. The number of hydrogen-bond donors (Lipinski definition) is 2. The second-order valence-electron chi connectivity index (χ2n) is 7.92. The third kappa shape index (κ3) is 4.34. The van der Waals surface area contributed by atoms with Crippen molar-refractivity contribution in [2.45, 2.75) is 71.6 Å². The Morgan fingerprint density at radius 1 is 1.30 bits per heavy atom. The van der Waals surface area contributed by atoms with E-state index in [4.69, 9.17) is 9.47 Å². The molecule has 0 saturated carbocycles. The minimum absolute atomic E-state index is 0.0121. The lowest BCUT2D eigenvalue weighted by Gasteiger charge is -2.43. The van der Waals surface area contributed by atoms with E-state index in [0.29, 0.717) is 18.6 Å². The van der Waals surface area contributed by atoms with E-state index in [1.165, 1.54) is 0 Å². The Bertz CT molecular complexity index is 441. The molecule has 0 aromatic heterocycles. The van der Waals surface area contributed by atoms with Gasteiger partial charge in [-0.15, -0.1) is 0 Å². The maximum absolute atomic E-state index is 10.5. The highest BCUT2D eigenvalue weighted by Gasteiger charge is 2.52. The van der Waals surface area contributed by atoms with Gasteiger partial charge in [-0.3, -0.25) is 0 Å². The normalized spacial score (nSPS) is 31.0. The van der Waals surface area contributed by atoms with Gasteiger partial charge in [0.2, 0.25) is 0 Å². The van der Waals surface area contributed by atoms with E-state index >= 15 is 0 Å². The largest absolute Gasteiger partial charge is 0.362 e. The molecule has 0 aromatic rings. The Labute approximate surface area is 140 Å². The fourth-order valence-electron chi connectivity index (χ4n) is 3.76. The smallest absolute Gasteiger partial charge is 0.191 e. The summed E-state index contributed by atoms with van der Waals surface area (Å²) in [6, 6.07) is 0. The lowest BCUT2D eigenvalue weighted by Crippen LogP contribution is -2.49. The molecule has 2 rings (SSSR count). The first kappa shape index (κ1) is 18.9. The molecule has 134 valence electrons. The van der Waals surface area contributed by atoms with Gasteiger partial charge in [0.15, 0.2) is 11.6 Å². The number of nitrogens with zero attached hydrogens (tertiary/aromatic N) is 1. The number of hydrogen-bond acceptors (Lipinski definition) is 5. The summed E-state index contributed by atoms with van der Waals surface area (Å²) in [5.74, 6) is -2.77. The van der Waals surface area contributed by atoms with Gasteiger partial charge < -0.3 is 24.6 Å². The second kappa shape index (κ2) is 6.81. The zero-order valence-electron chi connectivity index (χ0n) is 15.3. The van der Waals surface area contributed by atoms with Crippen molar-refractivity contribution in [2.24, 2.45) is 5.41 Å². The molecule has 5 nitrogen and oxygen atoms in total. The zero-order valence-corrected chi connectivity index (χ0v) is 15.3. The van der Waals surface area contributed by atoms with Crippen LogP contribution in [0.25, 0.3) is 0 Å². The molecular formula is C18H33NO4. The van der Waals surface area contributed by atoms with Gasteiger partial charge in [-0.1, -0.05) is 40.7 Å². The van der Waals surface area contributed by atoms with Crippen LogP contribution < -0.4 is 0 Å². The number of ether oxygens (including phenoxy) is 2. The molecule has 1 heterocycles. The van der Waals surface area contributed by atoms with Gasteiger partial charge in [0.05, 0.1) is 19.1 Å². The minimum atomic E-state index is -1.88. The van der Waals surface area contributed by atoms with Crippen LogP contribution in [-0.2, 0) is 9.47 Å². The monoisotopic (exact) mass is 327 g/mol. The maximum Gasteiger partial charge on any atom is 0.191 e. The van der Waals surface area contributed by atoms with E-state index < -0.39 is 11.6 Å². The van der Waals surface area contributed by atoms with Crippen LogP contribution >= 0.6 is 0 Å². The molecule has 0 aromatic carbocycles. The molecule has 1 aliphatic heterocycles. The zero-order chi connectivity index (χ0) is 17.3. The van der Waals surface area contributed by atoms with Crippen molar-refractivity contribution in [2.75, 3.05) is 26.2 Å². The van der Waals surface area contributed by atoms with E-state index in [1.54, 1.807) is 0 Å². The highest BCUT2D eigenvalue weighted by molar-refractivity contribution is 5.24. The molecule has 2 aliphatic rings. The summed E-state index contributed by atoms with van der Waals surface area (Å²) in [4.78, 5) is 2.34. The van der Waals surface area contributed by atoms with Gasteiger partial charge in [0, 0.05) is 13.0 Å². The predicted octanol–water partition coefficient (Wildman–Crippen LogP) is 2.28. The summed E-state index contributed by atoms with van der Waals surface area (Å²) >= 11 is 0. The van der Waals surface area contributed by atoms with Gasteiger partial charge in [-0.05, 0) is 30.5 Å². The third-order valence-corrected chi connectivity index (χ3v) is 4.73. The van der Waals surface area contributed by atoms with Gasteiger partial charge in [0.1, 0.15) is 0 Å². The van der Waals surface area contributed by atoms with Crippen LogP contribution in [0.15, 0.2) is 11.6 Å². The number of aliphatic hydroxyl groups is 2. The van der Waals surface area contributed by atoms with Crippen molar-refractivity contribution in [3.8, 4) is 0 Å². The van der Waals surface area contributed by atoms with Crippen molar-refractivity contribution in [3.63, 3.8) is 0 Å². The summed E-state index contributed by atoms with van der Waals surface area (Å²) in [7, 11) is 0. The van der Waals surface area contributed by atoms with E-state index in [-0.39, 0.29) is 17.9 Å². The minimum Gasteiger partial charge on any atom is -0.362 e. The average molecular weight is 327 g/mol. The Balaban J connectivity index is 2.05. The van der Waals surface area contributed by atoms with Crippen molar-refractivity contribution in [1.29, 1.82) is 0 Å². The van der Waals surface area contributed by atoms with Crippen molar-refractivity contribution in [3.05, 3.63) is 11.6 Å². The fourth-order valence-corrected chi connectivity index (χ4v) is 3.76. The van der Waals surface area contributed by atoms with E-state index in [9.17, 15) is 10.2 Å². The molecule has 23 heavy (non-hydrogen) atoms. The Morgan fingerprint density at radius 3 is 2.52 bits per heavy atom. The first-order valence-corrected chi connectivity index (χ1v) is 8.82. The summed E-state index contributed by atoms with van der Waals surface area (Å²) < 4.78 is 12.0. The highest BCUT2D eigenvalue weighted by atomic mass is 16.7. The predicted molar refractivity (Wildman–Crippen MR) is 89.9 cm³/mol. The first-order valence-electron chi connectivity index (χ1n) is 8.82. The lowest BCUT2D eigenvalue weighted by molar-refractivity contribution is -0.251. The SMILES string of the molecule is CCCN(CC)CC1COC2(CC=C(C(C)(C)C)C(O)(O)C2)O1. The standard InChI is InChI=1S/C18H33NO4/c1-6-10-19(7-2)11-14-12-22-17(23-14)9-8-15(16(3,4)5)18(20,21)13-17/h8,14,20-21H,6-7,9-13H2,1-5H3. The topological polar surface area (TPSA) is 62.2 Å². The molecule has 1 spiro atoms. The molecule has 2 atom stereocenters. The van der Waals surface area contributed by atoms with Crippen LogP contribution in [0.2, 0.25) is 0 Å². The van der Waals surface area contributed by atoms with Crippen LogP contribution in [0, 0.1) is 5.41 Å². The third-order valence-electron chi connectivity index (χ3n) is 4.73. The van der Waals surface area contributed by atoms with E-state index in [0.717, 1.165) is 26.1 Å². The van der Waals surface area contributed by atoms with Crippen LogP contribution in [0.5, 0.6) is 0 Å². The summed E-state index contributed by atoms with van der Waals surface area (Å²) in [5, 5.41) is 21.0. The number of likely N-dealkylation sites (N-methyl/N-ethyl adjacent to an activating group) is 1. The Morgan fingerprint density at radius 2 is 2.00 bits per heavy atom. The van der Waals surface area contributed by atoms with Crippen molar-refractivity contribution < 1.29 is 19.7 Å². The van der Waals surface area contributed by atoms with Crippen LogP contribution in [0.4, 0.5) is 0 Å². The maximum atomic E-state index is 10.5. The van der Waals surface area contributed by atoms with E-state index in [1.807, 2.05) is 26.8 Å². The summed E-state index contributed by atoms with van der Waals surface area (Å²) in [5.41, 5.74) is 0.357. The lowest BCUT2D eigenvalue weighted by atomic mass is 9.75. The van der Waals surface area contributed by atoms with Crippen LogP contribution in [-0.4, -0.2) is 59.0 Å². The van der Waals surface area contributed by atoms with Crippen LogP contribution in [0.1, 0.15) is 53.9 Å². The van der Waals surface area contributed by atoms with Gasteiger partial charge in [0.25, 0.3) is 0 Å². The van der Waals surface area contributed by atoms with Gasteiger partial charge >= 0.3 is 0 Å². The fraction of sp³-hybridized carbons (Fsp3) is 0.889. The summed E-state index contributed by atoms with van der Waals surface area (Å²) in [6.45, 7) is 13.6. The number of rotatable bonds is 5. The molecule has 2 unspecified atom stereocenters. The molecule has 0 bridgehead atoms. The van der Waals surface area contributed by atoms with Crippen molar-refractivity contribution in [1.82, 2.24) is 4.90 Å². The highest BCUT2D eigenvalue weighted by Crippen LogP contribution is 2.46. The first-order chi connectivity index (χ1) is 10.6. The quantitative estimate of drug-likeness (QED) is 0.599. The van der Waals surface area contributed by atoms with Gasteiger partial charge in [-0.25, -0.2) is 0 Å². The molecular weight excluding hydrogens is 294 g/mol. The summed E-state index contributed by atoms with van der Waals surface area (Å²) in [6.07, 6.45) is 3.62. The molecule has 5 heteroatoms. The Kier molecular flexibility index (Phi) is 5.58. The van der Waals surface area contributed by atoms with Crippen molar-refractivity contribution >= 4 is 0 Å². The molecule has 1 fully saturated rings. The molecule has 2 N–H and O–H groups in total. The second-order valence-corrected chi connectivity index (χ2v) is 7.92. The van der Waals surface area contributed by atoms with Crippen LogP contribution in [0.3, 0.4) is 0 Å². The molecule has 1 aliphatic carbocycles. The van der Waals surface area contributed by atoms with Gasteiger partial charge in [-0.2, -0.15) is 0 Å². The molecule has 0 radical (unpaired) electrons. The molecule has 1 saturated heterocycles. The Hall–Kier alpha value is -0.460.